The van der Waals surface area contributed by atoms with Crippen LogP contribution in [0.15, 0.2) is 0 Å². The summed E-state index contributed by atoms with van der Waals surface area (Å²) in [6, 6.07) is 0. The normalized spacial score (nSPS) is 11.9. The van der Waals surface area contributed by atoms with E-state index in [1.807, 2.05) is 39.8 Å². The lowest BCUT2D eigenvalue weighted by Gasteiger charge is -2.23. The second-order valence-electron chi connectivity index (χ2n) is 4.80. The van der Waals surface area contributed by atoms with Crippen LogP contribution in [-0.2, 0) is 6.54 Å². The molecule has 0 bridgehead atoms. The fraction of sp³-hybridized carbons (Fsp3) is 0.727. The lowest BCUT2D eigenvalue weighted by molar-refractivity contribution is 0.187. The van der Waals surface area contributed by atoms with Gasteiger partial charge >= 0.3 is 0 Å². The molecular weight excluding hydrogens is 222 g/mol. The standard InChI is InChI=1S/C11H21N3OS/c1-8-9(6-12-11(2,3)7-15)16-10(13-8)14(4)5/h12,15H,6-7H2,1-5H3. The van der Waals surface area contributed by atoms with Crippen molar-refractivity contribution in [2.24, 2.45) is 0 Å². The summed E-state index contributed by atoms with van der Waals surface area (Å²) < 4.78 is 0. The van der Waals surface area contributed by atoms with E-state index < -0.39 is 0 Å². The van der Waals surface area contributed by atoms with E-state index in [0.717, 1.165) is 17.4 Å². The minimum absolute atomic E-state index is 0.130. The van der Waals surface area contributed by atoms with E-state index in [9.17, 15) is 0 Å². The second kappa shape index (κ2) is 5.12. The van der Waals surface area contributed by atoms with Gasteiger partial charge in [0.15, 0.2) is 5.13 Å². The van der Waals surface area contributed by atoms with E-state index in [-0.39, 0.29) is 12.1 Å². The molecule has 0 saturated carbocycles. The molecule has 2 N–H and O–H groups in total. The van der Waals surface area contributed by atoms with E-state index in [1.54, 1.807) is 11.3 Å². The maximum atomic E-state index is 9.15. The largest absolute Gasteiger partial charge is 0.394 e. The van der Waals surface area contributed by atoms with Crippen molar-refractivity contribution in [3.05, 3.63) is 10.6 Å². The van der Waals surface area contributed by atoms with Gasteiger partial charge in [-0.25, -0.2) is 4.98 Å². The number of rotatable bonds is 5. The molecule has 1 aromatic heterocycles. The van der Waals surface area contributed by atoms with E-state index in [2.05, 4.69) is 10.3 Å². The van der Waals surface area contributed by atoms with Crippen LogP contribution in [-0.4, -0.2) is 36.3 Å². The van der Waals surface area contributed by atoms with Gasteiger partial charge in [0, 0.05) is 31.1 Å². The zero-order chi connectivity index (χ0) is 12.3. The van der Waals surface area contributed by atoms with Gasteiger partial charge in [-0.15, -0.1) is 11.3 Å². The molecule has 92 valence electrons. The van der Waals surface area contributed by atoms with Gasteiger partial charge in [-0.3, -0.25) is 0 Å². The monoisotopic (exact) mass is 243 g/mol. The maximum absolute atomic E-state index is 9.15. The van der Waals surface area contributed by atoms with E-state index >= 15 is 0 Å². The first kappa shape index (κ1) is 13.4. The molecule has 0 amide bonds. The minimum atomic E-state index is -0.241. The van der Waals surface area contributed by atoms with Crippen molar-refractivity contribution >= 4 is 16.5 Å². The Morgan fingerprint density at radius 1 is 1.44 bits per heavy atom. The lowest BCUT2D eigenvalue weighted by Crippen LogP contribution is -2.42. The SMILES string of the molecule is Cc1nc(N(C)C)sc1CNC(C)(C)CO. The Morgan fingerprint density at radius 2 is 2.06 bits per heavy atom. The maximum Gasteiger partial charge on any atom is 0.185 e. The van der Waals surface area contributed by atoms with Crippen LogP contribution in [0.1, 0.15) is 24.4 Å². The molecule has 0 radical (unpaired) electrons. The third-order valence-electron chi connectivity index (χ3n) is 2.39. The molecule has 0 fully saturated rings. The smallest absolute Gasteiger partial charge is 0.185 e. The van der Waals surface area contributed by atoms with Crippen LogP contribution >= 0.6 is 11.3 Å². The number of nitrogens with zero attached hydrogens (tertiary/aromatic N) is 2. The molecule has 1 heterocycles. The molecule has 0 saturated heterocycles. The summed E-state index contributed by atoms with van der Waals surface area (Å²) in [6.07, 6.45) is 0. The average Bonchev–Trinajstić information content (AvgIpc) is 2.57. The second-order valence-corrected chi connectivity index (χ2v) is 5.86. The van der Waals surface area contributed by atoms with Crippen LogP contribution in [0.5, 0.6) is 0 Å². The highest BCUT2D eigenvalue weighted by Crippen LogP contribution is 2.24. The van der Waals surface area contributed by atoms with Crippen LogP contribution < -0.4 is 10.2 Å². The highest BCUT2D eigenvalue weighted by molar-refractivity contribution is 7.15. The summed E-state index contributed by atoms with van der Waals surface area (Å²) in [7, 11) is 3.99. The summed E-state index contributed by atoms with van der Waals surface area (Å²) in [4.78, 5) is 7.72. The predicted molar refractivity (Wildman–Crippen MR) is 69.2 cm³/mol. The molecule has 1 rings (SSSR count). The third kappa shape index (κ3) is 3.43. The summed E-state index contributed by atoms with van der Waals surface area (Å²) in [5.74, 6) is 0. The Balaban J connectivity index is 2.67. The molecule has 0 aliphatic rings. The average molecular weight is 243 g/mol. The van der Waals surface area contributed by atoms with E-state index in [1.165, 1.54) is 4.88 Å². The third-order valence-corrected chi connectivity index (χ3v) is 3.71. The van der Waals surface area contributed by atoms with Crippen LogP contribution in [0.3, 0.4) is 0 Å². The van der Waals surface area contributed by atoms with Crippen molar-refractivity contribution in [2.75, 3.05) is 25.6 Å². The molecular formula is C11H21N3OS. The van der Waals surface area contributed by atoms with Crippen LogP contribution in [0.2, 0.25) is 0 Å². The van der Waals surface area contributed by atoms with Gasteiger partial charge in [0.1, 0.15) is 0 Å². The van der Waals surface area contributed by atoms with Crippen molar-refractivity contribution in [3.8, 4) is 0 Å². The number of hydrogen-bond acceptors (Lipinski definition) is 5. The Hall–Kier alpha value is -0.650. The summed E-state index contributed by atoms with van der Waals surface area (Å²) in [5.41, 5.74) is 0.823. The van der Waals surface area contributed by atoms with Gasteiger partial charge in [-0.1, -0.05) is 0 Å². The number of aliphatic hydroxyl groups is 1. The Morgan fingerprint density at radius 3 is 2.50 bits per heavy atom. The van der Waals surface area contributed by atoms with Crippen molar-refractivity contribution in [1.29, 1.82) is 0 Å². The molecule has 0 atom stereocenters. The number of hydrogen-bond donors (Lipinski definition) is 2. The Bertz CT molecular complexity index is 347. The van der Waals surface area contributed by atoms with Gasteiger partial charge in [-0.05, 0) is 20.8 Å². The van der Waals surface area contributed by atoms with Crippen LogP contribution in [0, 0.1) is 6.92 Å². The topological polar surface area (TPSA) is 48.4 Å². The zero-order valence-electron chi connectivity index (χ0n) is 10.7. The number of aromatic nitrogens is 1. The van der Waals surface area contributed by atoms with Crippen molar-refractivity contribution in [3.63, 3.8) is 0 Å². The number of thiazole rings is 1. The zero-order valence-corrected chi connectivity index (χ0v) is 11.5. The van der Waals surface area contributed by atoms with Gasteiger partial charge in [0.2, 0.25) is 0 Å². The quantitative estimate of drug-likeness (QED) is 0.820. The Kier molecular flexibility index (Phi) is 4.29. The molecule has 5 heteroatoms. The molecule has 16 heavy (non-hydrogen) atoms. The molecule has 1 aromatic rings. The predicted octanol–water partition coefficient (Wildman–Crippen LogP) is 1.38. The number of nitrogens with one attached hydrogen (secondary N) is 1. The van der Waals surface area contributed by atoms with Gasteiger partial charge in [0.05, 0.1) is 12.3 Å². The number of aliphatic hydroxyl groups excluding tert-OH is 1. The van der Waals surface area contributed by atoms with Gasteiger partial charge in [-0.2, -0.15) is 0 Å². The van der Waals surface area contributed by atoms with Crippen molar-refractivity contribution < 1.29 is 5.11 Å². The fourth-order valence-electron chi connectivity index (χ4n) is 1.14. The van der Waals surface area contributed by atoms with Crippen LogP contribution in [0.25, 0.3) is 0 Å². The number of anilines is 1. The molecule has 0 aromatic carbocycles. The van der Waals surface area contributed by atoms with E-state index in [0.29, 0.717) is 0 Å². The van der Waals surface area contributed by atoms with Gasteiger partial charge in [0.25, 0.3) is 0 Å². The van der Waals surface area contributed by atoms with E-state index in [4.69, 9.17) is 5.11 Å². The highest BCUT2D eigenvalue weighted by Gasteiger charge is 2.17. The van der Waals surface area contributed by atoms with Gasteiger partial charge < -0.3 is 15.3 Å². The highest BCUT2D eigenvalue weighted by atomic mass is 32.1. The Labute approximate surface area is 101 Å². The molecule has 0 aliphatic heterocycles. The number of aryl methyl sites for hydroxylation is 1. The first-order valence-electron chi connectivity index (χ1n) is 5.35. The van der Waals surface area contributed by atoms with Crippen molar-refractivity contribution in [1.82, 2.24) is 10.3 Å². The fourth-order valence-corrected chi connectivity index (χ4v) is 2.07. The lowest BCUT2D eigenvalue weighted by atomic mass is 10.1. The van der Waals surface area contributed by atoms with Crippen molar-refractivity contribution in [2.45, 2.75) is 32.9 Å². The molecule has 0 unspecified atom stereocenters. The summed E-state index contributed by atoms with van der Waals surface area (Å²) in [5, 5.41) is 13.5. The summed E-state index contributed by atoms with van der Waals surface area (Å²) >= 11 is 1.69. The molecule has 4 nitrogen and oxygen atoms in total. The molecule has 0 aliphatic carbocycles. The summed E-state index contributed by atoms with van der Waals surface area (Å²) in [6.45, 7) is 6.87. The van der Waals surface area contributed by atoms with Crippen LogP contribution in [0.4, 0.5) is 5.13 Å². The first-order valence-corrected chi connectivity index (χ1v) is 6.17. The molecule has 0 spiro atoms. The first-order chi connectivity index (χ1) is 7.35. The minimum Gasteiger partial charge on any atom is -0.394 e.